The molecule has 0 spiro atoms. The average Bonchev–Trinajstić information content (AvgIpc) is 2.75. The van der Waals surface area contributed by atoms with Crippen LogP contribution in [0.5, 0.6) is 0 Å². The molecule has 0 aliphatic rings. The molecule has 0 aliphatic carbocycles. The molecule has 1 unspecified atom stereocenters. The van der Waals surface area contributed by atoms with E-state index in [1.54, 1.807) is 16.7 Å². The summed E-state index contributed by atoms with van der Waals surface area (Å²) in [5.41, 5.74) is 3.47. The lowest BCUT2D eigenvalue weighted by Crippen LogP contribution is -2.49. The van der Waals surface area contributed by atoms with Crippen LogP contribution in [0.15, 0.2) is 54.6 Å². The predicted molar refractivity (Wildman–Crippen MR) is 131 cm³/mol. The van der Waals surface area contributed by atoms with E-state index in [0.29, 0.717) is 31.8 Å². The molecule has 2 aromatic carbocycles. The van der Waals surface area contributed by atoms with Gasteiger partial charge in [0, 0.05) is 31.0 Å². The van der Waals surface area contributed by atoms with Gasteiger partial charge < -0.3 is 10.2 Å². The van der Waals surface area contributed by atoms with E-state index >= 15 is 0 Å². The SMILES string of the molecule is CCC(C(=O)NCC(C)C)N(Cc1cccc(C)c1)C(=O)CCSCc1ccccc1. The largest absolute Gasteiger partial charge is 0.354 e. The van der Waals surface area contributed by atoms with Gasteiger partial charge in [-0.25, -0.2) is 0 Å². The second-order valence-corrected chi connectivity index (χ2v) is 9.47. The molecule has 0 aliphatic heterocycles. The first-order valence-electron chi connectivity index (χ1n) is 11.1. The molecule has 5 heteroatoms. The molecule has 0 saturated heterocycles. The highest BCUT2D eigenvalue weighted by Gasteiger charge is 2.28. The molecule has 0 heterocycles. The van der Waals surface area contributed by atoms with Crippen molar-refractivity contribution in [2.75, 3.05) is 12.3 Å². The Balaban J connectivity index is 2.05. The quantitative estimate of drug-likeness (QED) is 0.462. The van der Waals surface area contributed by atoms with E-state index in [4.69, 9.17) is 0 Å². The monoisotopic (exact) mass is 440 g/mol. The summed E-state index contributed by atoms with van der Waals surface area (Å²) in [5.74, 6) is 1.97. The Bertz CT molecular complexity index is 823. The fraction of sp³-hybridized carbons (Fsp3) is 0.462. The normalized spacial score (nSPS) is 11.9. The summed E-state index contributed by atoms with van der Waals surface area (Å²) in [6, 6.07) is 18.0. The Morgan fingerprint density at radius 2 is 1.74 bits per heavy atom. The van der Waals surface area contributed by atoms with E-state index in [2.05, 4.69) is 37.4 Å². The molecule has 0 bridgehead atoms. The van der Waals surface area contributed by atoms with Gasteiger partial charge in [-0.2, -0.15) is 11.8 Å². The summed E-state index contributed by atoms with van der Waals surface area (Å²) < 4.78 is 0. The molecule has 1 atom stereocenters. The van der Waals surface area contributed by atoms with Gasteiger partial charge in [-0.05, 0) is 30.4 Å². The highest BCUT2D eigenvalue weighted by molar-refractivity contribution is 7.98. The molecule has 1 N–H and O–H groups in total. The van der Waals surface area contributed by atoms with Crippen molar-refractivity contribution in [3.8, 4) is 0 Å². The first-order valence-corrected chi connectivity index (χ1v) is 12.3. The number of benzene rings is 2. The maximum absolute atomic E-state index is 13.2. The first-order chi connectivity index (χ1) is 14.9. The number of hydrogen-bond donors (Lipinski definition) is 1. The Morgan fingerprint density at radius 3 is 2.39 bits per heavy atom. The van der Waals surface area contributed by atoms with E-state index in [9.17, 15) is 9.59 Å². The van der Waals surface area contributed by atoms with Gasteiger partial charge in [-0.3, -0.25) is 9.59 Å². The van der Waals surface area contributed by atoms with Crippen LogP contribution >= 0.6 is 11.8 Å². The zero-order valence-electron chi connectivity index (χ0n) is 19.3. The van der Waals surface area contributed by atoms with Crippen LogP contribution in [0.2, 0.25) is 0 Å². The van der Waals surface area contributed by atoms with Crippen LogP contribution in [-0.2, 0) is 21.9 Å². The number of nitrogens with one attached hydrogen (secondary N) is 1. The van der Waals surface area contributed by atoms with Crippen LogP contribution < -0.4 is 5.32 Å². The van der Waals surface area contributed by atoms with Crippen LogP contribution in [0.4, 0.5) is 0 Å². The van der Waals surface area contributed by atoms with Gasteiger partial charge in [-0.15, -0.1) is 0 Å². The molecular formula is C26H36N2O2S. The third-order valence-corrected chi connectivity index (χ3v) is 6.11. The highest BCUT2D eigenvalue weighted by Crippen LogP contribution is 2.18. The zero-order valence-corrected chi connectivity index (χ0v) is 20.1. The number of carbonyl (C=O) groups is 2. The molecule has 2 amide bonds. The van der Waals surface area contributed by atoms with Crippen LogP contribution in [0.1, 0.15) is 50.3 Å². The van der Waals surface area contributed by atoms with Crippen molar-refractivity contribution in [2.24, 2.45) is 5.92 Å². The molecular weight excluding hydrogens is 404 g/mol. The van der Waals surface area contributed by atoms with E-state index < -0.39 is 6.04 Å². The van der Waals surface area contributed by atoms with Gasteiger partial charge in [0.25, 0.3) is 0 Å². The van der Waals surface area contributed by atoms with Gasteiger partial charge in [0.15, 0.2) is 0 Å². The molecule has 168 valence electrons. The minimum Gasteiger partial charge on any atom is -0.354 e. The van der Waals surface area contributed by atoms with Crippen molar-refractivity contribution < 1.29 is 9.59 Å². The minimum atomic E-state index is -0.453. The maximum atomic E-state index is 13.2. The maximum Gasteiger partial charge on any atom is 0.242 e. The number of carbonyl (C=O) groups excluding carboxylic acids is 2. The number of aryl methyl sites for hydroxylation is 1. The lowest BCUT2D eigenvalue weighted by molar-refractivity contribution is -0.141. The van der Waals surface area contributed by atoms with E-state index in [1.165, 1.54) is 5.56 Å². The summed E-state index contributed by atoms with van der Waals surface area (Å²) in [6.07, 6.45) is 1.02. The molecule has 0 fully saturated rings. The Kier molecular flexibility index (Phi) is 10.6. The summed E-state index contributed by atoms with van der Waals surface area (Å²) in [6.45, 7) is 9.23. The smallest absolute Gasteiger partial charge is 0.242 e. The van der Waals surface area contributed by atoms with Crippen LogP contribution in [0.25, 0.3) is 0 Å². The van der Waals surface area contributed by atoms with Gasteiger partial charge in [0.05, 0.1) is 0 Å². The molecule has 2 aromatic rings. The van der Waals surface area contributed by atoms with Crippen molar-refractivity contribution in [2.45, 2.75) is 58.9 Å². The standard InChI is InChI=1S/C26H36N2O2S/c1-5-24(26(30)27-17-20(2)3)28(18-23-13-9-10-21(4)16-23)25(29)14-15-31-19-22-11-7-6-8-12-22/h6-13,16,20,24H,5,14-15,17-19H2,1-4H3,(H,27,30). The van der Waals surface area contributed by atoms with Crippen molar-refractivity contribution >= 4 is 23.6 Å². The van der Waals surface area contributed by atoms with Crippen LogP contribution in [-0.4, -0.2) is 35.1 Å². The molecule has 2 rings (SSSR count). The van der Waals surface area contributed by atoms with Crippen molar-refractivity contribution in [3.05, 3.63) is 71.3 Å². The second-order valence-electron chi connectivity index (χ2n) is 8.36. The highest BCUT2D eigenvalue weighted by atomic mass is 32.2. The second kappa shape index (κ2) is 13.2. The Morgan fingerprint density at radius 1 is 1.03 bits per heavy atom. The van der Waals surface area contributed by atoms with E-state index in [0.717, 1.165) is 22.6 Å². The van der Waals surface area contributed by atoms with Gasteiger partial charge in [0.1, 0.15) is 6.04 Å². The summed E-state index contributed by atoms with van der Waals surface area (Å²) >= 11 is 1.75. The Hall–Kier alpha value is -2.27. The fourth-order valence-electron chi connectivity index (χ4n) is 3.42. The van der Waals surface area contributed by atoms with Gasteiger partial charge in [0.2, 0.25) is 11.8 Å². The van der Waals surface area contributed by atoms with Gasteiger partial charge >= 0.3 is 0 Å². The lowest BCUT2D eigenvalue weighted by atomic mass is 10.1. The molecule has 0 radical (unpaired) electrons. The van der Waals surface area contributed by atoms with Crippen molar-refractivity contribution in [1.29, 1.82) is 0 Å². The summed E-state index contributed by atoms with van der Waals surface area (Å²) in [7, 11) is 0. The van der Waals surface area contributed by atoms with Crippen LogP contribution in [0, 0.1) is 12.8 Å². The number of amides is 2. The Labute approximate surface area is 191 Å². The molecule has 4 nitrogen and oxygen atoms in total. The number of hydrogen-bond acceptors (Lipinski definition) is 3. The number of rotatable bonds is 12. The third kappa shape index (κ3) is 8.78. The van der Waals surface area contributed by atoms with Crippen molar-refractivity contribution in [3.63, 3.8) is 0 Å². The minimum absolute atomic E-state index is 0.0358. The lowest BCUT2D eigenvalue weighted by Gasteiger charge is -2.31. The number of nitrogens with zero attached hydrogens (tertiary/aromatic N) is 1. The topological polar surface area (TPSA) is 49.4 Å². The third-order valence-electron chi connectivity index (χ3n) is 5.08. The summed E-state index contributed by atoms with van der Waals surface area (Å²) in [5, 5.41) is 3.02. The van der Waals surface area contributed by atoms with Crippen LogP contribution in [0.3, 0.4) is 0 Å². The zero-order chi connectivity index (χ0) is 22.6. The number of thioether (sulfide) groups is 1. The van der Waals surface area contributed by atoms with E-state index in [-0.39, 0.29) is 11.8 Å². The first kappa shape index (κ1) is 25.0. The summed E-state index contributed by atoms with van der Waals surface area (Å²) in [4.78, 5) is 27.9. The molecule has 31 heavy (non-hydrogen) atoms. The van der Waals surface area contributed by atoms with E-state index in [1.807, 2.05) is 50.2 Å². The average molecular weight is 441 g/mol. The van der Waals surface area contributed by atoms with Crippen molar-refractivity contribution in [1.82, 2.24) is 10.2 Å². The molecule has 0 aromatic heterocycles. The molecule has 0 saturated carbocycles. The predicted octanol–water partition coefficient (Wildman–Crippen LogP) is 5.20. The van der Waals surface area contributed by atoms with Gasteiger partial charge in [-0.1, -0.05) is 80.9 Å². The fourth-order valence-corrected chi connectivity index (χ4v) is 4.31.